The third-order valence-electron chi connectivity index (χ3n) is 4.05. The fourth-order valence-corrected chi connectivity index (χ4v) is 4.54. The van der Waals surface area contributed by atoms with Crippen molar-refractivity contribution in [3.05, 3.63) is 47.0 Å². The van der Waals surface area contributed by atoms with Crippen molar-refractivity contribution < 1.29 is 22.7 Å². The van der Waals surface area contributed by atoms with Crippen molar-refractivity contribution in [2.24, 2.45) is 0 Å². The Hall–Kier alpha value is -2.25. The topological polar surface area (TPSA) is 81.7 Å². The van der Waals surface area contributed by atoms with Gasteiger partial charge in [0.25, 0.3) is 0 Å². The molecule has 0 spiro atoms. The number of alkyl halides is 1. The molecule has 0 saturated heterocycles. The molecule has 2 aromatic carbocycles. The van der Waals surface area contributed by atoms with Crippen LogP contribution in [0.15, 0.2) is 35.2 Å². The minimum absolute atomic E-state index is 0.0163. The number of carbonyl (C=O) groups is 1. The first-order valence-electron chi connectivity index (χ1n) is 7.92. The van der Waals surface area contributed by atoms with E-state index in [1.165, 1.54) is 13.2 Å². The summed E-state index contributed by atoms with van der Waals surface area (Å²) in [5, 5.41) is 3.14. The molecule has 6 nitrogen and oxygen atoms in total. The summed E-state index contributed by atoms with van der Waals surface area (Å²) in [6, 6.07) is 8.14. The summed E-state index contributed by atoms with van der Waals surface area (Å²) in [4.78, 5) is 11.8. The van der Waals surface area contributed by atoms with E-state index in [-0.39, 0.29) is 22.0 Å². The number of fused-ring (bicyclic) bond motifs is 2. The Kier molecular flexibility index (Phi) is 5.11. The van der Waals surface area contributed by atoms with E-state index >= 15 is 0 Å². The van der Waals surface area contributed by atoms with Crippen molar-refractivity contribution >= 4 is 33.1 Å². The molecule has 26 heavy (non-hydrogen) atoms. The molecule has 0 radical (unpaired) electrons. The number of benzene rings is 2. The maximum atomic E-state index is 12.9. The van der Waals surface area contributed by atoms with Crippen molar-refractivity contribution in [3.8, 4) is 11.5 Å². The number of anilines is 1. The van der Waals surface area contributed by atoms with Gasteiger partial charge in [0.2, 0.25) is 0 Å². The van der Waals surface area contributed by atoms with Gasteiger partial charge in [-0.05, 0) is 30.7 Å². The fraction of sp³-hybridized carbons (Fsp3) is 0.278. The van der Waals surface area contributed by atoms with Gasteiger partial charge < -0.3 is 14.8 Å². The second-order valence-corrected chi connectivity index (χ2v) is 8.22. The van der Waals surface area contributed by atoms with Gasteiger partial charge in [-0.2, -0.15) is 0 Å². The molecule has 1 aliphatic rings. The van der Waals surface area contributed by atoms with Crippen LogP contribution in [0.4, 0.5) is 5.69 Å². The number of carbonyl (C=O) groups excluding carboxylic acids is 1. The molecule has 1 aliphatic heterocycles. The van der Waals surface area contributed by atoms with Crippen LogP contribution in [-0.2, 0) is 20.3 Å². The summed E-state index contributed by atoms with van der Waals surface area (Å²) >= 11 is 5.74. The number of sulfone groups is 1. The first-order valence-corrected chi connectivity index (χ1v) is 10.1. The highest BCUT2D eigenvalue weighted by Crippen LogP contribution is 2.43. The fourth-order valence-electron chi connectivity index (χ4n) is 2.86. The lowest BCUT2D eigenvalue weighted by Crippen LogP contribution is -2.08. The summed E-state index contributed by atoms with van der Waals surface area (Å²) in [6.07, 6.45) is 0. The molecule has 1 heterocycles. The highest BCUT2D eigenvalue weighted by atomic mass is 35.5. The Labute approximate surface area is 157 Å². The maximum Gasteiger partial charge on any atom is 0.337 e. The van der Waals surface area contributed by atoms with Gasteiger partial charge in [0.15, 0.2) is 15.6 Å². The number of rotatable bonds is 4. The third-order valence-corrected chi connectivity index (χ3v) is 5.91. The molecule has 0 atom stereocenters. The summed E-state index contributed by atoms with van der Waals surface area (Å²) < 4.78 is 36.6. The van der Waals surface area contributed by atoms with E-state index in [9.17, 15) is 13.2 Å². The van der Waals surface area contributed by atoms with Crippen LogP contribution >= 0.6 is 11.6 Å². The van der Waals surface area contributed by atoms with E-state index in [2.05, 4.69) is 5.32 Å². The van der Waals surface area contributed by atoms with Gasteiger partial charge in [-0.15, -0.1) is 11.6 Å². The number of ether oxygens (including phenoxy) is 2. The van der Waals surface area contributed by atoms with Crippen molar-refractivity contribution in [2.45, 2.75) is 17.6 Å². The number of nitrogens with one attached hydrogen (secondary N) is 1. The predicted octanol–water partition coefficient (Wildman–Crippen LogP) is 3.51. The first-order chi connectivity index (χ1) is 12.4. The summed E-state index contributed by atoms with van der Waals surface area (Å²) in [5.74, 6) is 0.248. The third kappa shape index (κ3) is 3.37. The van der Waals surface area contributed by atoms with Gasteiger partial charge >= 0.3 is 5.97 Å². The van der Waals surface area contributed by atoms with E-state index in [1.807, 2.05) is 0 Å². The van der Waals surface area contributed by atoms with Crippen molar-refractivity contribution in [3.63, 3.8) is 0 Å². The molecule has 0 aliphatic carbocycles. The van der Waals surface area contributed by atoms with E-state index < -0.39 is 15.8 Å². The van der Waals surface area contributed by atoms with Gasteiger partial charge in [-0.25, -0.2) is 13.2 Å². The van der Waals surface area contributed by atoms with Gasteiger partial charge in [-0.1, -0.05) is 12.1 Å². The number of aryl methyl sites for hydroxylation is 1. The first kappa shape index (κ1) is 18.5. The second-order valence-electron chi connectivity index (χ2n) is 5.88. The molecule has 0 saturated carbocycles. The lowest BCUT2D eigenvalue weighted by molar-refractivity contribution is 0.0600. The Morgan fingerprint density at radius 3 is 2.77 bits per heavy atom. The molecular formula is C18H18ClNO5S. The van der Waals surface area contributed by atoms with Gasteiger partial charge in [0, 0.05) is 18.0 Å². The molecule has 3 rings (SSSR count). The average molecular weight is 396 g/mol. The SMILES string of the molecule is COC(=O)c1cc(C)c2c(c1)S(=O)(=O)Cc1cccc(NCCCl)c1O2. The quantitative estimate of drug-likeness (QED) is 0.630. The van der Waals surface area contributed by atoms with Crippen LogP contribution in [0.2, 0.25) is 0 Å². The zero-order chi connectivity index (χ0) is 18.9. The highest BCUT2D eigenvalue weighted by Gasteiger charge is 2.30. The van der Waals surface area contributed by atoms with Crippen LogP contribution < -0.4 is 10.1 Å². The molecule has 0 aromatic heterocycles. The monoisotopic (exact) mass is 395 g/mol. The maximum absolute atomic E-state index is 12.9. The average Bonchev–Trinajstić information content (AvgIpc) is 2.73. The molecule has 0 bridgehead atoms. The molecule has 1 N–H and O–H groups in total. The minimum Gasteiger partial charge on any atom is -0.465 e. The summed E-state index contributed by atoms with van der Waals surface area (Å²) in [5.41, 5.74) is 1.91. The largest absolute Gasteiger partial charge is 0.465 e. The Balaban J connectivity index is 2.19. The molecule has 2 aromatic rings. The molecule has 0 unspecified atom stereocenters. The summed E-state index contributed by atoms with van der Waals surface area (Å²) in [7, 11) is -2.45. The lowest BCUT2D eigenvalue weighted by atomic mass is 10.1. The number of esters is 1. The van der Waals surface area contributed by atoms with E-state index in [0.29, 0.717) is 35.0 Å². The van der Waals surface area contributed by atoms with Gasteiger partial charge in [0.1, 0.15) is 10.6 Å². The zero-order valence-electron chi connectivity index (χ0n) is 14.3. The van der Waals surface area contributed by atoms with Gasteiger partial charge in [-0.3, -0.25) is 0 Å². The molecule has 138 valence electrons. The number of para-hydroxylation sites is 1. The lowest BCUT2D eigenvalue weighted by Gasteiger charge is -2.16. The zero-order valence-corrected chi connectivity index (χ0v) is 15.9. The van der Waals surface area contributed by atoms with E-state index in [0.717, 1.165) is 0 Å². The molecule has 8 heteroatoms. The van der Waals surface area contributed by atoms with E-state index in [1.54, 1.807) is 31.2 Å². The van der Waals surface area contributed by atoms with Crippen LogP contribution in [0.3, 0.4) is 0 Å². The van der Waals surface area contributed by atoms with E-state index in [4.69, 9.17) is 21.1 Å². The Bertz CT molecular complexity index is 972. The Morgan fingerprint density at radius 2 is 2.08 bits per heavy atom. The van der Waals surface area contributed by atoms with Crippen LogP contribution in [-0.4, -0.2) is 33.9 Å². The standard InChI is InChI=1S/C18H18ClNO5S/c1-11-8-13(18(21)24-2)9-15-16(11)25-17-12(10-26(15,22)23)4-3-5-14(17)20-7-6-19/h3-5,8-9,20H,6-7,10H2,1-2H3. The van der Waals surface area contributed by atoms with Crippen molar-refractivity contribution in [1.29, 1.82) is 0 Å². The number of hydrogen-bond donors (Lipinski definition) is 1. The van der Waals surface area contributed by atoms with Gasteiger partial charge in [0.05, 0.1) is 24.1 Å². The van der Waals surface area contributed by atoms with Crippen molar-refractivity contribution in [2.75, 3.05) is 24.9 Å². The van der Waals surface area contributed by atoms with Crippen LogP contribution in [0.1, 0.15) is 21.5 Å². The molecular weight excluding hydrogens is 378 g/mol. The number of halogens is 1. The van der Waals surface area contributed by atoms with Crippen molar-refractivity contribution in [1.82, 2.24) is 0 Å². The number of hydrogen-bond acceptors (Lipinski definition) is 6. The van der Waals surface area contributed by atoms with Crippen LogP contribution in [0.25, 0.3) is 0 Å². The minimum atomic E-state index is -3.70. The molecule has 0 amide bonds. The normalized spacial score (nSPS) is 14.4. The highest BCUT2D eigenvalue weighted by molar-refractivity contribution is 7.90. The molecule has 0 fully saturated rings. The smallest absolute Gasteiger partial charge is 0.337 e. The number of methoxy groups -OCH3 is 1. The summed E-state index contributed by atoms with van der Waals surface area (Å²) in [6.45, 7) is 2.21. The van der Waals surface area contributed by atoms with Crippen LogP contribution in [0.5, 0.6) is 11.5 Å². The second kappa shape index (κ2) is 7.17. The van der Waals surface area contributed by atoms with Crippen LogP contribution in [0, 0.1) is 6.92 Å². The predicted molar refractivity (Wildman–Crippen MR) is 99.1 cm³/mol. The Morgan fingerprint density at radius 1 is 1.31 bits per heavy atom.